The third-order valence-electron chi connectivity index (χ3n) is 1.28. The quantitative estimate of drug-likeness (QED) is 0.567. The van der Waals surface area contributed by atoms with E-state index in [-0.39, 0.29) is 0 Å². The summed E-state index contributed by atoms with van der Waals surface area (Å²) in [7, 11) is 0. The molecule has 44 valence electrons. The standard InChI is InChI=1S/C7H11N/c8-6-5-7-3-1-2-4-7/h1,3-4H,2,5-6,8H2. The molecule has 0 fully saturated rings. The summed E-state index contributed by atoms with van der Waals surface area (Å²) in [6, 6.07) is 0. The van der Waals surface area contributed by atoms with Gasteiger partial charge in [-0.1, -0.05) is 23.8 Å². The van der Waals surface area contributed by atoms with Gasteiger partial charge in [-0.25, -0.2) is 0 Å². The lowest BCUT2D eigenvalue weighted by atomic mass is 10.2. The topological polar surface area (TPSA) is 26.0 Å². The minimum atomic E-state index is 0.774. The molecule has 0 unspecified atom stereocenters. The van der Waals surface area contributed by atoms with Gasteiger partial charge in [0, 0.05) is 0 Å². The van der Waals surface area contributed by atoms with Crippen LogP contribution in [-0.4, -0.2) is 6.54 Å². The molecule has 0 saturated carbocycles. The number of hydrogen-bond donors (Lipinski definition) is 1. The van der Waals surface area contributed by atoms with E-state index in [9.17, 15) is 0 Å². The molecule has 1 aliphatic carbocycles. The van der Waals surface area contributed by atoms with Crippen molar-refractivity contribution in [2.45, 2.75) is 12.8 Å². The van der Waals surface area contributed by atoms with E-state index >= 15 is 0 Å². The van der Waals surface area contributed by atoms with Crippen LogP contribution in [-0.2, 0) is 0 Å². The third-order valence-corrected chi connectivity index (χ3v) is 1.28. The second kappa shape index (κ2) is 2.68. The van der Waals surface area contributed by atoms with Gasteiger partial charge < -0.3 is 5.73 Å². The summed E-state index contributed by atoms with van der Waals surface area (Å²) in [5.74, 6) is 0. The third kappa shape index (κ3) is 1.20. The van der Waals surface area contributed by atoms with Crippen molar-refractivity contribution in [3.63, 3.8) is 0 Å². The molecule has 8 heavy (non-hydrogen) atoms. The molecule has 0 aromatic rings. The summed E-state index contributed by atoms with van der Waals surface area (Å²) in [4.78, 5) is 0. The molecule has 2 N–H and O–H groups in total. The average Bonchev–Trinajstić information content (AvgIpc) is 2.19. The molecule has 0 bridgehead atoms. The molecule has 0 spiro atoms. The highest BCUT2D eigenvalue weighted by Gasteiger charge is 1.93. The summed E-state index contributed by atoms with van der Waals surface area (Å²) >= 11 is 0. The number of hydrogen-bond acceptors (Lipinski definition) is 1. The van der Waals surface area contributed by atoms with E-state index in [1.54, 1.807) is 0 Å². The first kappa shape index (κ1) is 5.57. The maximum atomic E-state index is 5.33. The normalized spacial score (nSPS) is 16.9. The summed E-state index contributed by atoms with van der Waals surface area (Å²) in [5.41, 5.74) is 6.73. The first-order valence-electron chi connectivity index (χ1n) is 2.99. The van der Waals surface area contributed by atoms with Gasteiger partial charge in [0.05, 0.1) is 0 Å². The Morgan fingerprint density at radius 1 is 1.62 bits per heavy atom. The van der Waals surface area contributed by atoms with Gasteiger partial charge in [0.25, 0.3) is 0 Å². The fraction of sp³-hybridized carbons (Fsp3) is 0.429. The van der Waals surface area contributed by atoms with Gasteiger partial charge in [-0.2, -0.15) is 0 Å². The van der Waals surface area contributed by atoms with Crippen molar-refractivity contribution in [2.75, 3.05) is 6.54 Å². The van der Waals surface area contributed by atoms with E-state index < -0.39 is 0 Å². The van der Waals surface area contributed by atoms with Gasteiger partial charge in [0.1, 0.15) is 0 Å². The number of allylic oxidation sites excluding steroid dienone is 3. The Bertz CT molecular complexity index is 122. The van der Waals surface area contributed by atoms with Crippen molar-refractivity contribution in [2.24, 2.45) is 5.73 Å². The molecular formula is C7H11N. The van der Waals surface area contributed by atoms with Gasteiger partial charge in [0.2, 0.25) is 0 Å². The molecule has 1 nitrogen and oxygen atoms in total. The van der Waals surface area contributed by atoms with Crippen LogP contribution in [0.1, 0.15) is 12.8 Å². The van der Waals surface area contributed by atoms with Crippen molar-refractivity contribution in [3.8, 4) is 0 Å². The van der Waals surface area contributed by atoms with Gasteiger partial charge >= 0.3 is 0 Å². The molecule has 0 aromatic heterocycles. The highest BCUT2D eigenvalue weighted by Crippen LogP contribution is 2.10. The fourth-order valence-electron chi connectivity index (χ4n) is 0.859. The second-order valence-corrected chi connectivity index (χ2v) is 1.96. The zero-order valence-corrected chi connectivity index (χ0v) is 4.93. The molecule has 0 amide bonds. The lowest BCUT2D eigenvalue weighted by Gasteiger charge is -1.90. The second-order valence-electron chi connectivity index (χ2n) is 1.96. The Labute approximate surface area is 49.9 Å². The van der Waals surface area contributed by atoms with Crippen LogP contribution in [0.15, 0.2) is 23.8 Å². The summed E-state index contributed by atoms with van der Waals surface area (Å²) in [6.45, 7) is 0.774. The van der Waals surface area contributed by atoms with Crippen LogP contribution in [0, 0.1) is 0 Å². The Hall–Kier alpha value is -0.560. The molecule has 1 rings (SSSR count). The zero-order valence-electron chi connectivity index (χ0n) is 4.93. The largest absolute Gasteiger partial charge is 0.330 e. The van der Waals surface area contributed by atoms with Crippen LogP contribution >= 0.6 is 0 Å². The SMILES string of the molecule is NCCC1=CCC=C1. The predicted molar refractivity (Wildman–Crippen MR) is 35.5 cm³/mol. The fourth-order valence-corrected chi connectivity index (χ4v) is 0.859. The molecule has 1 heteroatoms. The zero-order chi connectivity index (χ0) is 5.82. The molecule has 1 aliphatic rings. The minimum Gasteiger partial charge on any atom is -0.330 e. The molecule has 0 aliphatic heterocycles. The average molecular weight is 109 g/mol. The Morgan fingerprint density at radius 2 is 2.50 bits per heavy atom. The van der Waals surface area contributed by atoms with Gasteiger partial charge in [0.15, 0.2) is 0 Å². The van der Waals surface area contributed by atoms with Gasteiger partial charge in [-0.05, 0) is 19.4 Å². The van der Waals surface area contributed by atoms with E-state index in [1.165, 1.54) is 5.57 Å². The van der Waals surface area contributed by atoms with Crippen molar-refractivity contribution in [3.05, 3.63) is 23.8 Å². The van der Waals surface area contributed by atoms with Crippen molar-refractivity contribution in [1.29, 1.82) is 0 Å². The van der Waals surface area contributed by atoms with Crippen LogP contribution in [0.3, 0.4) is 0 Å². The Morgan fingerprint density at radius 3 is 3.00 bits per heavy atom. The summed E-state index contributed by atoms with van der Waals surface area (Å²) < 4.78 is 0. The smallest absolute Gasteiger partial charge is 0.00368 e. The van der Waals surface area contributed by atoms with Crippen molar-refractivity contribution < 1.29 is 0 Å². The maximum Gasteiger partial charge on any atom is -0.00368 e. The molecule has 0 atom stereocenters. The van der Waals surface area contributed by atoms with Gasteiger partial charge in [-0.3, -0.25) is 0 Å². The van der Waals surface area contributed by atoms with Crippen LogP contribution < -0.4 is 5.73 Å². The molecule has 0 saturated heterocycles. The predicted octanol–water partition coefficient (Wildman–Crippen LogP) is 1.22. The molecule has 0 aromatic carbocycles. The van der Waals surface area contributed by atoms with Crippen LogP contribution in [0.25, 0.3) is 0 Å². The maximum absolute atomic E-state index is 5.33. The van der Waals surface area contributed by atoms with Gasteiger partial charge in [-0.15, -0.1) is 0 Å². The van der Waals surface area contributed by atoms with E-state index in [4.69, 9.17) is 5.73 Å². The lowest BCUT2D eigenvalue weighted by molar-refractivity contribution is 0.975. The first-order valence-corrected chi connectivity index (χ1v) is 2.99. The molecular weight excluding hydrogens is 98.1 g/mol. The Balaban J connectivity index is 2.34. The van der Waals surface area contributed by atoms with Crippen LogP contribution in [0.2, 0.25) is 0 Å². The van der Waals surface area contributed by atoms with E-state index in [0.717, 1.165) is 19.4 Å². The van der Waals surface area contributed by atoms with E-state index in [1.807, 2.05) is 0 Å². The summed E-state index contributed by atoms with van der Waals surface area (Å²) in [5, 5.41) is 0. The van der Waals surface area contributed by atoms with Crippen LogP contribution in [0.4, 0.5) is 0 Å². The highest BCUT2D eigenvalue weighted by molar-refractivity contribution is 5.25. The number of rotatable bonds is 2. The van der Waals surface area contributed by atoms with Crippen molar-refractivity contribution >= 4 is 0 Å². The Kier molecular flexibility index (Phi) is 1.86. The van der Waals surface area contributed by atoms with Crippen molar-refractivity contribution in [1.82, 2.24) is 0 Å². The molecule has 0 heterocycles. The minimum absolute atomic E-state index is 0.774. The molecule has 0 radical (unpaired) electrons. The lowest BCUT2D eigenvalue weighted by Crippen LogP contribution is -1.97. The first-order chi connectivity index (χ1) is 3.93. The van der Waals surface area contributed by atoms with E-state index in [0.29, 0.717) is 0 Å². The number of nitrogens with two attached hydrogens (primary N) is 1. The van der Waals surface area contributed by atoms with E-state index in [2.05, 4.69) is 18.2 Å². The monoisotopic (exact) mass is 109 g/mol. The highest BCUT2D eigenvalue weighted by atomic mass is 14.5. The summed E-state index contributed by atoms with van der Waals surface area (Å²) in [6.07, 6.45) is 8.66. The van der Waals surface area contributed by atoms with Crippen LogP contribution in [0.5, 0.6) is 0 Å².